The highest BCUT2D eigenvalue weighted by Gasteiger charge is 2.84. The number of halogens is 9. The lowest BCUT2D eigenvalue weighted by Gasteiger charge is -2.39. The van der Waals surface area contributed by atoms with Gasteiger partial charge in [-0.05, 0) is 43.4 Å². The van der Waals surface area contributed by atoms with Gasteiger partial charge >= 0.3 is 23.9 Å². The fraction of sp³-hybridized carbons (Fsp3) is 0.645. The number of morpholine rings is 1. The van der Waals surface area contributed by atoms with Crippen molar-refractivity contribution in [1.29, 1.82) is 0 Å². The molecular weight excluding hydrogens is 695 g/mol. The van der Waals surface area contributed by atoms with Crippen LogP contribution >= 0.6 is 0 Å². The Morgan fingerprint density at radius 3 is 1.88 bits per heavy atom. The van der Waals surface area contributed by atoms with Crippen LogP contribution in [0, 0.1) is 11.8 Å². The minimum absolute atomic E-state index is 0.0206. The SMILES string of the molecule is CC(C)C(C(=O)C(F)(F)C(F)(F)C(F)(F)C(F)(F)F)N1CCC[C@H]1C(=O)NC(=O)[C@@H](NC(=O)c1ccccc1C(=O)N1CCOCC1)C(C)C. The quantitative estimate of drug-likeness (QED) is 0.311. The molecule has 4 amide bonds. The van der Waals surface area contributed by atoms with Crippen LogP contribution in [0.5, 0.6) is 0 Å². The van der Waals surface area contributed by atoms with Crippen LogP contribution in [0.1, 0.15) is 61.3 Å². The van der Waals surface area contributed by atoms with E-state index in [1.165, 1.54) is 43.0 Å². The summed E-state index contributed by atoms with van der Waals surface area (Å²) in [4.78, 5) is 68.0. The number of carbonyl (C=O) groups is 5. The molecule has 0 aromatic heterocycles. The maximum absolute atomic E-state index is 14.7. The number of amides is 4. The number of Topliss-reactive ketones (excluding diaryl/α,β-unsaturated/α-hetero) is 1. The van der Waals surface area contributed by atoms with Gasteiger partial charge in [0.1, 0.15) is 6.04 Å². The second kappa shape index (κ2) is 15.2. The molecule has 2 fully saturated rings. The largest absolute Gasteiger partial charge is 0.460 e. The maximum Gasteiger partial charge on any atom is 0.460 e. The Labute approximate surface area is 281 Å². The molecule has 1 aromatic rings. The van der Waals surface area contributed by atoms with Gasteiger partial charge in [-0.25, -0.2) is 0 Å². The average Bonchev–Trinajstić information content (AvgIpc) is 3.52. The van der Waals surface area contributed by atoms with Crippen LogP contribution in [0.2, 0.25) is 0 Å². The zero-order chi connectivity index (χ0) is 38.0. The van der Waals surface area contributed by atoms with Crippen LogP contribution in [-0.4, -0.2) is 114 Å². The molecular formula is C31H37F9N4O6. The van der Waals surface area contributed by atoms with Crippen LogP contribution < -0.4 is 10.6 Å². The first kappa shape index (κ1) is 40.7. The van der Waals surface area contributed by atoms with Crippen LogP contribution in [0.4, 0.5) is 39.5 Å². The zero-order valence-electron chi connectivity index (χ0n) is 27.4. The Bertz CT molecular complexity index is 1450. The summed E-state index contributed by atoms with van der Waals surface area (Å²) in [5.74, 6) is -29.8. The maximum atomic E-state index is 14.7. The number of likely N-dealkylation sites (tertiary alicyclic amines) is 1. The fourth-order valence-corrected chi connectivity index (χ4v) is 5.80. The zero-order valence-corrected chi connectivity index (χ0v) is 27.4. The molecule has 2 aliphatic heterocycles. The van der Waals surface area contributed by atoms with Crippen molar-refractivity contribution in [3.05, 3.63) is 35.4 Å². The van der Waals surface area contributed by atoms with Gasteiger partial charge in [-0.1, -0.05) is 39.8 Å². The molecule has 0 spiro atoms. The second-order valence-corrected chi connectivity index (χ2v) is 12.7. The second-order valence-electron chi connectivity index (χ2n) is 12.7. The number of benzene rings is 1. The smallest absolute Gasteiger partial charge is 0.378 e. The predicted molar refractivity (Wildman–Crippen MR) is 157 cm³/mol. The van der Waals surface area contributed by atoms with E-state index in [1.807, 2.05) is 5.32 Å². The van der Waals surface area contributed by atoms with E-state index in [2.05, 4.69) is 5.32 Å². The standard InChI is InChI=1S/C31H37F9N4O6/c1-16(2)21(41-24(46)18-8-5-6-9-19(18)27(49)43-12-14-50-15-13-43)26(48)42-25(47)20-10-7-11-44(20)22(17(3)4)23(45)28(32,33)29(34,35)30(36,37)31(38,39)40/h5-6,8-9,16-17,20-22H,7,10-15H2,1-4H3,(H,41,46)(H,42,47,48)/t20-,21-,22?/m0/s1. The summed E-state index contributed by atoms with van der Waals surface area (Å²) in [6.45, 7) is 5.75. The molecule has 50 heavy (non-hydrogen) atoms. The summed E-state index contributed by atoms with van der Waals surface area (Å²) in [5.41, 5.74) is -0.0740. The number of alkyl halides is 9. The molecule has 19 heteroatoms. The van der Waals surface area contributed by atoms with Crippen molar-refractivity contribution in [3.8, 4) is 0 Å². The normalized spacial score (nSPS) is 19.3. The Hall–Kier alpha value is -3.74. The van der Waals surface area contributed by atoms with Gasteiger partial charge in [-0.15, -0.1) is 0 Å². The molecule has 2 saturated heterocycles. The summed E-state index contributed by atoms with van der Waals surface area (Å²) >= 11 is 0. The van der Waals surface area contributed by atoms with Gasteiger partial charge < -0.3 is 15.0 Å². The van der Waals surface area contributed by atoms with Gasteiger partial charge in [0, 0.05) is 13.1 Å². The lowest BCUT2D eigenvalue weighted by atomic mass is 9.89. The van der Waals surface area contributed by atoms with Crippen molar-refractivity contribution in [1.82, 2.24) is 20.4 Å². The Kier molecular flexibility index (Phi) is 12.4. The van der Waals surface area contributed by atoms with E-state index in [-0.39, 0.29) is 50.3 Å². The van der Waals surface area contributed by atoms with E-state index >= 15 is 0 Å². The van der Waals surface area contributed by atoms with Gasteiger partial charge in [-0.3, -0.25) is 34.2 Å². The van der Waals surface area contributed by atoms with E-state index < -0.39 is 89.9 Å². The number of ketones is 1. The third kappa shape index (κ3) is 7.92. The molecule has 10 nitrogen and oxygen atoms in total. The Balaban J connectivity index is 1.82. The minimum Gasteiger partial charge on any atom is -0.378 e. The number of hydrogen-bond acceptors (Lipinski definition) is 7. The van der Waals surface area contributed by atoms with Gasteiger partial charge in [0.05, 0.1) is 36.4 Å². The minimum atomic E-state index is -7.29. The molecule has 0 radical (unpaired) electrons. The van der Waals surface area contributed by atoms with E-state index in [9.17, 15) is 63.5 Å². The number of nitrogens with one attached hydrogen (secondary N) is 2. The number of hydrogen-bond donors (Lipinski definition) is 2. The highest BCUT2D eigenvalue weighted by atomic mass is 19.4. The van der Waals surface area contributed by atoms with Crippen molar-refractivity contribution in [2.24, 2.45) is 11.8 Å². The number of imide groups is 1. The number of rotatable bonds is 12. The van der Waals surface area contributed by atoms with Crippen molar-refractivity contribution in [2.45, 2.75) is 82.6 Å². The summed E-state index contributed by atoms with van der Waals surface area (Å²) in [5, 5.41) is 4.43. The summed E-state index contributed by atoms with van der Waals surface area (Å²) in [7, 11) is 0. The van der Waals surface area contributed by atoms with Gasteiger partial charge in [-0.2, -0.15) is 39.5 Å². The topological polar surface area (TPSA) is 125 Å². The highest BCUT2D eigenvalue weighted by molar-refractivity contribution is 6.09. The molecule has 0 aliphatic carbocycles. The number of ether oxygens (including phenoxy) is 1. The summed E-state index contributed by atoms with van der Waals surface area (Å²) in [6, 6.07) is 0.203. The molecule has 280 valence electrons. The average molecular weight is 733 g/mol. The Morgan fingerprint density at radius 1 is 0.800 bits per heavy atom. The van der Waals surface area contributed by atoms with E-state index in [0.717, 1.165) is 13.8 Å². The third-order valence-corrected chi connectivity index (χ3v) is 8.49. The molecule has 2 N–H and O–H groups in total. The van der Waals surface area contributed by atoms with Crippen molar-refractivity contribution in [2.75, 3.05) is 32.8 Å². The lowest BCUT2D eigenvalue weighted by molar-refractivity contribution is -0.388. The van der Waals surface area contributed by atoms with Gasteiger partial charge in [0.15, 0.2) is 0 Å². The van der Waals surface area contributed by atoms with Gasteiger partial charge in [0.25, 0.3) is 11.8 Å². The molecule has 2 aliphatic rings. The van der Waals surface area contributed by atoms with Crippen LogP contribution in [0.3, 0.4) is 0 Å². The predicted octanol–water partition coefficient (Wildman–Crippen LogP) is 4.08. The fourth-order valence-electron chi connectivity index (χ4n) is 5.80. The molecule has 0 saturated carbocycles. The van der Waals surface area contributed by atoms with Crippen LogP contribution in [0.25, 0.3) is 0 Å². The van der Waals surface area contributed by atoms with Crippen molar-refractivity contribution < 1.29 is 68.2 Å². The van der Waals surface area contributed by atoms with E-state index in [1.54, 1.807) is 0 Å². The van der Waals surface area contributed by atoms with Gasteiger partial charge in [0.2, 0.25) is 17.6 Å². The molecule has 3 rings (SSSR count). The van der Waals surface area contributed by atoms with E-state index in [0.29, 0.717) is 4.90 Å². The Morgan fingerprint density at radius 2 is 1.36 bits per heavy atom. The molecule has 3 atom stereocenters. The monoisotopic (exact) mass is 732 g/mol. The first-order valence-electron chi connectivity index (χ1n) is 15.6. The summed E-state index contributed by atoms with van der Waals surface area (Å²) in [6.07, 6.45) is -7.42. The summed E-state index contributed by atoms with van der Waals surface area (Å²) < 4.78 is 128. The third-order valence-electron chi connectivity index (χ3n) is 8.49. The van der Waals surface area contributed by atoms with Crippen molar-refractivity contribution >= 4 is 29.4 Å². The molecule has 1 unspecified atom stereocenters. The highest BCUT2D eigenvalue weighted by Crippen LogP contribution is 2.54. The first-order valence-corrected chi connectivity index (χ1v) is 15.6. The van der Waals surface area contributed by atoms with Crippen LogP contribution in [-0.2, 0) is 19.1 Å². The molecule has 2 heterocycles. The molecule has 0 bridgehead atoms. The number of nitrogens with zero attached hydrogens (tertiary/aromatic N) is 2. The first-order chi connectivity index (χ1) is 23.0. The van der Waals surface area contributed by atoms with E-state index in [4.69, 9.17) is 4.74 Å². The van der Waals surface area contributed by atoms with Crippen LogP contribution in [0.15, 0.2) is 24.3 Å². The number of carbonyl (C=O) groups excluding carboxylic acids is 5. The van der Waals surface area contributed by atoms with Crippen molar-refractivity contribution in [3.63, 3.8) is 0 Å². The molecule has 1 aromatic carbocycles. The lowest BCUT2D eigenvalue weighted by Crippen LogP contribution is -2.67.